The van der Waals surface area contributed by atoms with Crippen molar-refractivity contribution in [1.82, 2.24) is 8.77 Å². The first kappa shape index (κ1) is 16.2. The van der Waals surface area contributed by atoms with Crippen LogP contribution in [0.25, 0.3) is 0 Å². The number of benzene rings is 1. The van der Waals surface area contributed by atoms with E-state index in [9.17, 15) is 13.2 Å². The average molecular weight is 422 g/mol. The van der Waals surface area contributed by atoms with Crippen molar-refractivity contribution in [3.63, 3.8) is 0 Å². The Labute approximate surface area is 136 Å². The lowest BCUT2D eigenvalue weighted by molar-refractivity contribution is 0.299. The van der Waals surface area contributed by atoms with Crippen LogP contribution in [-0.4, -0.2) is 28.9 Å². The number of rotatable bonds is 4. The van der Waals surface area contributed by atoms with Crippen LogP contribution in [0.4, 0.5) is 0 Å². The molecule has 114 valence electrons. The fourth-order valence-corrected chi connectivity index (χ4v) is 4.13. The molecule has 1 aromatic carbocycles. The van der Waals surface area contributed by atoms with Crippen molar-refractivity contribution in [2.24, 2.45) is 7.05 Å². The highest BCUT2D eigenvalue weighted by atomic mass is 127. The van der Waals surface area contributed by atoms with E-state index in [4.69, 9.17) is 5.11 Å². The number of aliphatic hydroxyl groups is 1. The van der Waals surface area contributed by atoms with E-state index in [1.165, 1.54) is 19.2 Å². The number of nitrogens with zero attached hydrogens (tertiary/aromatic N) is 2. The molecule has 2 aromatic rings. The zero-order valence-corrected chi connectivity index (χ0v) is 14.6. The standard InChI is InChI=1S/C13H15IN2O4S/c1-9-12(7-8-17)13(18)15(2)16(9)21(19,20)11-5-3-10(14)4-6-11/h3-6,17H,7-8H2,1-2H3. The molecule has 0 aliphatic carbocycles. The molecule has 0 aliphatic rings. The van der Waals surface area contributed by atoms with E-state index in [0.717, 1.165) is 12.3 Å². The summed E-state index contributed by atoms with van der Waals surface area (Å²) in [6.45, 7) is 1.36. The van der Waals surface area contributed by atoms with Gasteiger partial charge in [-0.3, -0.25) is 4.79 Å². The summed E-state index contributed by atoms with van der Waals surface area (Å²) in [6.07, 6.45) is 0.133. The number of hydrogen-bond acceptors (Lipinski definition) is 4. The molecule has 1 heterocycles. The topological polar surface area (TPSA) is 81.3 Å². The van der Waals surface area contributed by atoms with Crippen molar-refractivity contribution >= 4 is 32.6 Å². The summed E-state index contributed by atoms with van der Waals surface area (Å²) in [5.74, 6) is 0. The van der Waals surface area contributed by atoms with Crippen LogP contribution < -0.4 is 5.56 Å². The van der Waals surface area contributed by atoms with Crippen molar-refractivity contribution in [3.05, 3.63) is 49.4 Å². The predicted octanol–water partition coefficient (Wildman–Crippen LogP) is 0.872. The van der Waals surface area contributed by atoms with Crippen molar-refractivity contribution in [3.8, 4) is 0 Å². The lowest BCUT2D eigenvalue weighted by Crippen LogP contribution is -2.26. The minimum Gasteiger partial charge on any atom is -0.396 e. The molecule has 8 heteroatoms. The average Bonchev–Trinajstić information content (AvgIpc) is 2.64. The fraction of sp³-hybridized carbons (Fsp3) is 0.308. The zero-order valence-electron chi connectivity index (χ0n) is 11.6. The smallest absolute Gasteiger partial charge is 0.281 e. The Balaban J connectivity index is 2.69. The second-order valence-electron chi connectivity index (χ2n) is 4.57. The minimum absolute atomic E-state index is 0.118. The maximum atomic E-state index is 12.7. The number of halogens is 1. The van der Waals surface area contributed by atoms with E-state index in [2.05, 4.69) is 22.6 Å². The van der Waals surface area contributed by atoms with Gasteiger partial charge in [0.15, 0.2) is 0 Å². The third-order valence-electron chi connectivity index (χ3n) is 3.25. The van der Waals surface area contributed by atoms with Gasteiger partial charge in [-0.2, -0.15) is 12.5 Å². The van der Waals surface area contributed by atoms with Crippen molar-refractivity contribution < 1.29 is 13.5 Å². The summed E-state index contributed by atoms with van der Waals surface area (Å²) < 4.78 is 28.4. The molecule has 0 spiro atoms. The highest BCUT2D eigenvalue weighted by molar-refractivity contribution is 14.1. The molecular weight excluding hydrogens is 407 g/mol. The molecular formula is C13H15IN2O4S. The Morgan fingerprint density at radius 1 is 1.24 bits per heavy atom. The Kier molecular flexibility index (Phi) is 4.59. The van der Waals surface area contributed by atoms with Crippen LogP contribution in [-0.2, 0) is 23.5 Å². The summed E-state index contributed by atoms with van der Waals surface area (Å²) in [5.41, 5.74) is 0.236. The first-order chi connectivity index (χ1) is 9.80. The summed E-state index contributed by atoms with van der Waals surface area (Å²) in [7, 11) is -2.44. The van der Waals surface area contributed by atoms with E-state index in [-0.39, 0.29) is 17.9 Å². The minimum atomic E-state index is -3.84. The van der Waals surface area contributed by atoms with Gasteiger partial charge in [0.1, 0.15) is 0 Å². The van der Waals surface area contributed by atoms with Gasteiger partial charge in [0.2, 0.25) is 0 Å². The number of aliphatic hydroxyl groups excluding tert-OH is 1. The Morgan fingerprint density at radius 2 is 1.81 bits per heavy atom. The van der Waals surface area contributed by atoms with E-state index < -0.39 is 15.6 Å². The number of aromatic nitrogens is 2. The molecule has 0 fully saturated rings. The van der Waals surface area contributed by atoms with Crippen molar-refractivity contribution in [2.45, 2.75) is 18.2 Å². The first-order valence-electron chi connectivity index (χ1n) is 6.20. The van der Waals surface area contributed by atoms with Crippen LogP contribution in [0.15, 0.2) is 34.0 Å². The summed E-state index contributed by atoms with van der Waals surface area (Å²) in [6, 6.07) is 6.40. The van der Waals surface area contributed by atoms with E-state index in [0.29, 0.717) is 11.3 Å². The van der Waals surface area contributed by atoms with Gasteiger partial charge in [0.25, 0.3) is 15.6 Å². The quantitative estimate of drug-likeness (QED) is 0.742. The van der Waals surface area contributed by atoms with Crippen LogP contribution in [0.2, 0.25) is 0 Å². The van der Waals surface area contributed by atoms with Crippen LogP contribution in [0.5, 0.6) is 0 Å². The maximum Gasteiger partial charge on any atom is 0.281 e. The van der Waals surface area contributed by atoms with Gasteiger partial charge in [-0.15, -0.1) is 0 Å². The Bertz CT molecular complexity index is 819. The SMILES string of the molecule is Cc1c(CCO)c(=O)n(C)n1S(=O)(=O)c1ccc(I)cc1. The molecule has 6 nitrogen and oxygen atoms in total. The Hall–Kier alpha value is -1.13. The van der Waals surface area contributed by atoms with Gasteiger partial charge in [0, 0.05) is 29.2 Å². The second kappa shape index (κ2) is 5.93. The zero-order chi connectivity index (χ0) is 15.8. The first-order valence-corrected chi connectivity index (χ1v) is 8.72. The molecule has 0 radical (unpaired) electrons. The lowest BCUT2D eigenvalue weighted by atomic mass is 10.2. The lowest BCUT2D eigenvalue weighted by Gasteiger charge is -2.11. The molecule has 0 unspecified atom stereocenters. The van der Waals surface area contributed by atoms with Crippen LogP contribution in [0, 0.1) is 10.5 Å². The van der Waals surface area contributed by atoms with Crippen molar-refractivity contribution in [1.29, 1.82) is 0 Å². The Morgan fingerprint density at radius 3 is 2.33 bits per heavy atom. The molecule has 0 saturated heterocycles. The molecule has 0 amide bonds. The predicted molar refractivity (Wildman–Crippen MR) is 86.9 cm³/mol. The molecule has 2 rings (SSSR count). The summed E-state index contributed by atoms with van der Waals surface area (Å²) >= 11 is 2.09. The van der Waals surface area contributed by atoms with Crippen LogP contribution >= 0.6 is 22.6 Å². The molecule has 0 saturated carbocycles. The van der Waals surface area contributed by atoms with E-state index in [1.807, 2.05) is 0 Å². The van der Waals surface area contributed by atoms with Crippen LogP contribution in [0.1, 0.15) is 11.3 Å². The van der Waals surface area contributed by atoms with E-state index >= 15 is 0 Å². The molecule has 21 heavy (non-hydrogen) atoms. The molecule has 0 aliphatic heterocycles. The van der Waals surface area contributed by atoms with E-state index in [1.54, 1.807) is 19.1 Å². The number of hydrogen-bond donors (Lipinski definition) is 1. The highest BCUT2D eigenvalue weighted by Crippen LogP contribution is 2.18. The molecule has 0 bridgehead atoms. The van der Waals surface area contributed by atoms with Gasteiger partial charge in [-0.1, -0.05) is 0 Å². The molecule has 1 N–H and O–H groups in total. The highest BCUT2D eigenvalue weighted by Gasteiger charge is 2.25. The fourth-order valence-electron chi connectivity index (χ4n) is 2.22. The second-order valence-corrected chi connectivity index (χ2v) is 7.58. The van der Waals surface area contributed by atoms with Gasteiger partial charge >= 0.3 is 0 Å². The largest absolute Gasteiger partial charge is 0.396 e. The van der Waals surface area contributed by atoms with Gasteiger partial charge in [0.05, 0.1) is 10.6 Å². The summed E-state index contributed by atoms with van der Waals surface area (Å²) in [5, 5.41) is 9.01. The maximum absolute atomic E-state index is 12.7. The normalized spacial score (nSPS) is 11.8. The third-order valence-corrected chi connectivity index (χ3v) is 5.81. The van der Waals surface area contributed by atoms with Crippen molar-refractivity contribution in [2.75, 3.05) is 6.61 Å². The van der Waals surface area contributed by atoms with Crippen LogP contribution in [0.3, 0.4) is 0 Å². The third kappa shape index (κ3) is 2.79. The van der Waals surface area contributed by atoms with Gasteiger partial charge in [-0.25, -0.2) is 4.68 Å². The molecule has 1 aromatic heterocycles. The van der Waals surface area contributed by atoms with Gasteiger partial charge < -0.3 is 5.11 Å². The monoisotopic (exact) mass is 422 g/mol. The molecule has 0 atom stereocenters. The van der Waals surface area contributed by atoms with Gasteiger partial charge in [-0.05, 0) is 53.8 Å². The summed E-state index contributed by atoms with van der Waals surface area (Å²) in [4.78, 5) is 12.2.